The summed E-state index contributed by atoms with van der Waals surface area (Å²) in [6.45, 7) is 7.50. The average Bonchev–Trinajstić information content (AvgIpc) is 2.60. The molecule has 6 nitrogen and oxygen atoms in total. The highest BCUT2D eigenvalue weighted by Crippen LogP contribution is 2.51. The number of carboxylic acids is 2. The van der Waals surface area contributed by atoms with E-state index in [1.54, 1.807) is 43.9 Å². The fourth-order valence-electron chi connectivity index (χ4n) is 4.20. The Morgan fingerprint density at radius 1 is 1.11 bits per heavy atom. The van der Waals surface area contributed by atoms with Gasteiger partial charge in [-0.1, -0.05) is 24.6 Å². The number of benzene rings is 1. The van der Waals surface area contributed by atoms with Crippen molar-refractivity contribution in [2.24, 2.45) is 0 Å². The van der Waals surface area contributed by atoms with Crippen molar-refractivity contribution in [2.45, 2.75) is 39.5 Å². The molecule has 0 saturated carbocycles. The van der Waals surface area contributed by atoms with Crippen molar-refractivity contribution < 1.29 is 24.5 Å². The van der Waals surface area contributed by atoms with Gasteiger partial charge in [0.15, 0.2) is 0 Å². The maximum atomic E-state index is 12.3. The van der Waals surface area contributed by atoms with E-state index in [2.05, 4.69) is 0 Å². The Morgan fingerprint density at radius 3 is 1.96 bits per heavy atom. The molecule has 0 atom stereocenters. The number of methoxy groups -OCH3 is 1. The Hall–Kier alpha value is -2.47. The van der Waals surface area contributed by atoms with Crippen LogP contribution in [0.4, 0.5) is 0 Å². The number of carboxylic acid groups (broad SMARTS) is 2. The third kappa shape index (κ3) is 3.08. The molecule has 0 spiro atoms. The first-order chi connectivity index (χ1) is 12.7. The lowest BCUT2D eigenvalue weighted by atomic mass is 9.64. The number of rotatable bonds is 6. The largest absolute Gasteiger partial charge is 0.497 e. The standard InChI is InChI=1S/C20H24ClNO5/c1-6-20(14-9-8-13(27-5)10-15(14)21)16(18(23)24)11(3)22(7-2)12(4)17(20)19(25)26/h8-10H,6-7H2,1-5H3,(H,23,24)(H,25,26). The van der Waals surface area contributed by atoms with Crippen molar-refractivity contribution in [3.05, 3.63) is 51.3 Å². The van der Waals surface area contributed by atoms with Gasteiger partial charge in [-0.15, -0.1) is 0 Å². The molecule has 0 radical (unpaired) electrons. The molecule has 7 heteroatoms. The highest BCUT2D eigenvalue weighted by molar-refractivity contribution is 6.32. The maximum Gasteiger partial charge on any atom is 0.334 e. The number of hydrogen-bond acceptors (Lipinski definition) is 4. The molecule has 0 bridgehead atoms. The SMILES string of the molecule is CCN1C(C)=C(C(=O)O)C(CC)(c2ccc(OC)cc2Cl)C(C(=O)O)=C1C. The van der Waals surface area contributed by atoms with Gasteiger partial charge in [0.1, 0.15) is 5.75 Å². The van der Waals surface area contributed by atoms with E-state index in [1.807, 2.05) is 6.92 Å². The third-order valence-electron chi connectivity index (χ3n) is 5.30. The van der Waals surface area contributed by atoms with Crippen LogP contribution in [0.1, 0.15) is 39.7 Å². The average molecular weight is 394 g/mol. The van der Waals surface area contributed by atoms with Crippen LogP contribution in [-0.4, -0.2) is 40.7 Å². The third-order valence-corrected chi connectivity index (χ3v) is 5.61. The minimum atomic E-state index is -1.37. The Balaban J connectivity index is 3.00. The predicted octanol–water partition coefficient (Wildman–Crippen LogP) is 4.05. The quantitative estimate of drug-likeness (QED) is 0.758. The number of hydrogen-bond donors (Lipinski definition) is 2. The summed E-state index contributed by atoms with van der Waals surface area (Å²) >= 11 is 6.49. The van der Waals surface area contributed by atoms with Gasteiger partial charge in [0.05, 0.1) is 23.7 Å². The van der Waals surface area contributed by atoms with Crippen molar-refractivity contribution in [1.29, 1.82) is 0 Å². The monoisotopic (exact) mass is 393 g/mol. The summed E-state index contributed by atoms with van der Waals surface area (Å²) in [6, 6.07) is 4.89. The molecule has 0 fully saturated rings. The van der Waals surface area contributed by atoms with Crippen LogP contribution in [0.2, 0.25) is 5.02 Å². The van der Waals surface area contributed by atoms with Crippen LogP contribution in [0.5, 0.6) is 5.75 Å². The van der Waals surface area contributed by atoms with Crippen molar-refractivity contribution >= 4 is 23.5 Å². The fourth-order valence-corrected chi connectivity index (χ4v) is 4.53. The van der Waals surface area contributed by atoms with E-state index in [1.165, 1.54) is 7.11 Å². The van der Waals surface area contributed by atoms with Gasteiger partial charge in [0.2, 0.25) is 0 Å². The molecule has 1 aliphatic heterocycles. The van der Waals surface area contributed by atoms with Crippen LogP contribution in [0, 0.1) is 0 Å². The summed E-state index contributed by atoms with van der Waals surface area (Å²) in [6.07, 6.45) is 0.231. The van der Waals surface area contributed by atoms with E-state index in [0.717, 1.165) is 0 Å². The van der Waals surface area contributed by atoms with Crippen LogP contribution >= 0.6 is 11.6 Å². The Kier molecular flexibility index (Phi) is 5.90. The summed E-state index contributed by atoms with van der Waals surface area (Å²) in [4.78, 5) is 26.4. The number of ether oxygens (including phenoxy) is 1. The topological polar surface area (TPSA) is 87.1 Å². The summed E-state index contributed by atoms with van der Waals surface area (Å²) in [7, 11) is 1.50. The summed E-state index contributed by atoms with van der Waals surface area (Å²) in [5.74, 6) is -1.81. The molecule has 1 heterocycles. The second-order valence-corrected chi connectivity index (χ2v) is 6.79. The zero-order chi connectivity index (χ0) is 20.5. The molecule has 2 N–H and O–H groups in total. The number of carbonyl (C=O) groups is 2. The minimum absolute atomic E-state index is 0.0296. The van der Waals surface area contributed by atoms with Gasteiger partial charge in [0, 0.05) is 23.0 Å². The molecule has 0 amide bonds. The van der Waals surface area contributed by atoms with Gasteiger partial charge in [-0.3, -0.25) is 0 Å². The van der Waals surface area contributed by atoms with Crippen LogP contribution in [0.25, 0.3) is 0 Å². The van der Waals surface area contributed by atoms with E-state index in [4.69, 9.17) is 16.3 Å². The zero-order valence-corrected chi connectivity index (χ0v) is 16.8. The molecule has 2 rings (SSSR count). The zero-order valence-electron chi connectivity index (χ0n) is 16.1. The lowest BCUT2D eigenvalue weighted by Crippen LogP contribution is -2.45. The number of allylic oxidation sites excluding steroid dienone is 2. The Morgan fingerprint density at radius 2 is 1.63 bits per heavy atom. The number of aliphatic carboxylic acids is 2. The second kappa shape index (κ2) is 7.64. The van der Waals surface area contributed by atoms with Gasteiger partial charge in [-0.2, -0.15) is 0 Å². The van der Waals surface area contributed by atoms with Crippen LogP contribution < -0.4 is 4.74 Å². The maximum absolute atomic E-state index is 12.3. The molecule has 1 aromatic rings. The lowest BCUT2D eigenvalue weighted by Gasteiger charge is -2.44. The van der Waals surface area contributed by atoms with Crippen LogP contribution in [0.15, 0.2) is 40.7 Å². The molecule has 146 valence electrons. The van der Waals surface area contributed by atoms with Crippen LogP contribution in [-0.2, 0) is 15.0 Å². The van der Waals surface area contributed by atoms with Gasteiger partial charge in [0.25, 0.3) is 0 Å². The molecular weight excluding hydrogens is 370 g/mol. The van der Waals surface area contributed by atoms with Crippen molar-refractivity contribution in [3.63, 3.8) is 0 Å². The second-order valence-electron chi connectivity index (χ2n) is 6.38. The highest BCUT2D eigenvalue weighted by Gasteiger charge is 2.51. The normalized spacial score (nSPS) is 16.6. The first-order valence-electron chi connectivity index (χ1n) is 8.68. The molecule has 0 saturated heterocycles. The lowest BCUT2D eigenvalue weighted by molar-refractivity contribution is -0.134. The summed E-state index contributed by atoms with van der Waals surface area (Å²) in [5, 5.41) is 20.4. The van der Waals surface area contributed by atoms with E-state index in [-0.39, 0.29) is 22.6 Å². The smallest absolute Gasteiger partial charge is 0.334 e. The predicted molar refractivity (Wildman–Crippen MR) is 103 cm³/mol. The summed E-state index contributed by atoms with van der Waals surface area (Å²) < 4.78 is 5.18. The molecular formula is C20H24ClNO5. The Bertz CT molecular complexity index is 818. The van der Waals surface area contributed by atoms with Gasteiger partial charge >= 0.3 is 11.9 Å². The van der Waals surface area contributed by atoms with Crippen molar-refractivity contribution in [2.75, 3.05) is 13.7 Å². The molecule has 1 aliphatic rings. The van der Waals surface area contributed by atoms with E-state index < -0.39 is 17.4 Å². The summed E-state index contributed by atoms with van der Waals surface area (Å²) in [5.41, 5.74) is 0.156. The first-order valence-corrected chi connectivity index (χ1v) is 9.05. The van der Waals surface area contributed by atoms with E-state index in [0.29, 0.717) is 29.3 Å². The fraction of sp³-hybridized carbons (Fsp3) is 0.400. The number of nitrogens with zero attached hydrogens (tertiary/aromatic N) is 1. The van der Waals surface area contributed by atoms with Gasteiger partial charge in [-0.05, 0) is 44.9 Å². The van der Waals surface area contributed by atoms with Gasteiger partial charge in [-0.25, -0.2) is 9.59 Å². The highest BCUT2D eigenvalue weighted by atomic mass is 35.5. The molecule has 1 aromatic carbocycles. The van der Waals surface area contributed by atoms with E-state index >= 15 is 0 Å². The molecule has 0 aromatic heterocycles. The van der Waals surface area contributed by atoms with Crippen LogP contribution in [0.3, 0.4) is 0 Å². The van der Waals surface area contributed by atoms with Gasteiger partial charge < -0.3 is 19.8 Å². The van der Waals surface area contributed by atoms with Crippen molar-refractivity contribution in [3.8, 4) is 5.75 Å². The van der Waals surface area contributed by atoms with E-state index in [9.17, 15) is 19.8 Å². The minimum Gasteiger partial charge on any atom is -0.497 e. The molecule has 0 unspecified atom stereocenters. The first kappa shape index (κ1) is 20.8. The molecule has 0 aliphatic carbocycles. The Labute approximate surface area is 163 Å². The number of halogens is 1. The van der Waals surface area contributed by atoms with Crippen molar-refractivity contribution in [1.82, 2.24) is 4.90 Å². The molecule has 27 heavy (non-hydrogen) atoms.